The van der Waals surface area contributed by atoms with E-state index in [1.165, 1.54) is 0 Å². The lowest BCUT2D eigenvalue weighted by molar-refractivity contribution is -0.116. The van der Waals surface area contributed by atoms with Crippen LogP contribution in [0.25, 0.3) is 0 Å². The highest BCUT2D eigenvalue weighted by Gasteiger charge is 2.56. The average molecular weight is 472 g/mol. The molecule has 34 heavy (non-hydrogen) atoms. The molecule has 0 saturated heterocycles. The Hall–Kier alpha value is -3.77. The summed E-state index contributed by atoms with van der Waals surface area (Å²) in [5.74, 6) is 2.57. The number of hydrogen-bond donors (Lipinski definition) is 2. The number of carbonyl (C=O) groups is 2. The summed E-state index contributed by atoms with van der Waals surface area (Å²) in [4.78, 5) is 32.4. The molecule has 0 spiro atoms. The van der Waals surface area contributed by atoms with Crippen LogP contribution in [0.1, 0.15) is 29.0 Å². The number of aliphatic imine (C=N–C) groups is 1. The minimum absolute atomic E-state index is 0.0358. The van der Waals surface area contributed by atoms with Crippen LogP contribution in [0.3, 0.4) is 0 Å². The molecule has 3 aromatic rings. The van der Waals surface area contributed by atoms with Gasteiger partial charge in [-0.1, -0.05) is 24.3 Å². The monoisotopic (exact) mass is 472 g/mol. The molecule has 0 bridgehead atoms. The van der Waals surface area contributed by atoms with Crippen LogP contribution in [0.2, 0.25) is 0 Å². The van der Waals surface area contributed by atoms with Gasteiger partial charge >= 0.3 is 6.03 Å². The molecule has 1 aromatic heterocycles. The molecule has 0 radical (unpaired) electrons. The van der Waals surface area contributed by atoms with Crippen LogP contribution in [0.4, 0.5) is 10.6 Å². The number of benzene rings is 2. The number of hydrogen-bond acceptors (Lipinski definition) is 5. The average Bonchev–Trinajstić information content (AvgIpc) is 3.35. The van der Waals surface area contributed by atoms with Crippen molar-refractivity contribution >= 4 is 38.0 Å². The molecule has 3 aliphatic rings. The fourth-order valence-corrected chi connectivity index (χ4v) is 4.53. The van der Waals surface area contributed by atoms with Gasteiger partial charge in [-0.25, -0.2) is 9.78 Å². The molecule has 3 amide bonds. The number of urea groups is 1. The van der Waals surface area contributed by atoms with Crippen molar-refractivity contribution in [2.24, 2.45) is 4.99 Å². The number of anilines is 1. The van der Waals surface area contributed by atoms with Crippen LogP contribution in [0.5, 0.6) is 17.2 Å². The molecule has 6 rings (SSSR count). The molecule has 3 heterocycles. The first-order chi connectivity index (χ1) is 16.5. The third-order valence-corrected chi connectivity index (χ3v) is 6.51. The van der Waals surface area contributed by atoms with E-state index >= 15 is 0 Å². The second kappa shape index (κ2) is 8.22. The van der Waals surface area contributed by atoms with Crippen LogP contribution in [-0.4, -0.2) is 28.7 Å². The fourth-order valence-electron chi connectivity index (χ4n) is 4.34. The maximum absolute atomic E-state index is 12.3. The smallest absolute Gasteiger partial charge is 0.341 e. The Labute approximate surface area is 198 Å². The highest BCUT2D eigenvalue weighted by atomic mass is 31.0. The zero-order valence-corrected chi connectivity index (χ0v) is 19.2. The number of carbonyl (C=O) groups excluding carboxylic acids is 2. The van der Waals surface area contributed by atoms with Gasteiger partial charge in [-0.2, -0.15) is 4.99 Å². The molecular formula is C25H21N4O4P. The Morgan fingerprint density at radius 1 is 1.21 bits per heavy atom. The molecule has 2 N–H and O–H groups in total. The standard InChI is InChI=1S/C25H21N4O4P/c30-20-8-6-16-19(9-10-26-24(16)28-20)32-14-3-7-18-17(11-14)21-22(23(21)33-18)29-25(31)27-12-13-1-4-15(34)5-2-13/h1-5,7,9-11,21,23H,6,8,12,34H2,(H,27,31)(H,26,28,30)/b29-22-/t21-,23-/m0/s1. The first-order valence-corrected chi connectivity index (χ1v) is 11.6. The quantitative estimate of drug-likeness (QED) is 0.567. The molecule has 170 valence electrons. The predicted molar refractivity (Wildman–Crippen MR) is 130 cm³/mol. The topological polar surface area (TPSA) is 102 Å². The highest BCUT2D eigenvalue weighted by molar-refractivity contribution is 7.27. The molecule has 3 atom stereocenters. The lowest BCUT2D eigenvalue weighted by Crippen LogP contribution is -2.20. The molecule has 2 aromatic carbocycles. The Kier molecular flexibility index (Phi) is 5.03. The van der Waals surface area contributed by atoms with E-state index in [9.17, 15) is 9.59 Å². The van der Waals surface area contributed by atoms with Crippen LogP contribution < -0.4 is 25.4 Å². The molecule has 8 nitrogen and oxygen atoms in total. The summed E-state index contributed by atoms with van der Waals surface area (Å²) < 4.78 is 12.1. The van der Waals surface area contributed by atoms with Gasteiger partial charge in [-0.15, -0.1) is 9.24 Å². The van der Waals surface area contributed by atoms with E-state index < -0.39 is 0 Å². The Bertz CT molecular complexity index is 1360. The van der Waals surface area contributed by atoms with Gasteiger partial charge in [-0.3, -0.25) is 4.79 Å². The van der Waals surface area contributed by atoms with Gasteiger partial charge in [0.25, 0.3) is 0 Å². The predicted octanol–water partition coefficient (Wildman–Crippen LogP) is 3.47. The molecular weight excluding hydrogens is 451 g/mol. The van der Waals surface area contributed by atoms with Gasteiger partial charge in [0.15, 0.2) is 0 Å². The SMILES string of the molecule is O=C1CCc2c(Oc3ccc4c(c3)[C@H]3/C(=N/C(=O)NCc5ccc(P)cc5)[C@H]3O4)ccnc2N1. The summed E-state index contributed by atoms with van der Waals surface area (Å²) in [6, 6.07) is 15.0. The normalized spacial score (nSPS) is 20.5. The van der Waals surface area contributed by atoms with Crippen molar-refractivity contribution in [3.8, 4) is 17.2 Å². The number of ether oxygens (including phenoxy) is 2. The van der Waals surface area contributed by atoms with Crippen molar-refractivity contribution in [3.05, 3.63) is 71.4 Å². The summed E-state index contributed by atoms with van der Waals surface area (Å²) in [5, 5.41) is 6.71. The Morgan fingerprint density at radius 2 is 2.06 bits per heavy atom. The van der Waals surface area contributed by atoms with Crippen molar-refractivity contribution in [2.45, 2.75) is 31.4 Å². The van der Waals surface area contributed by atoms with Gasteiger partial charge in [0, 0.05) is 30.3 Å². The summed E-state index contributed by atoms with van der Waals surface area (Å²) >= 11 is 0. The Balaban J connectivity index is 1.15. The highest BCUT2D eigenvalue weighted by Crippen LogP contribution is 2.52. The lowest BCUT2D eigenvalue weighted by Gasteiger charge is -2.19. The first-order valence-electron chi connectivity index (χ1n) is 11.0. The van der Waals surface area contributed by atoms with Crippen molar-refractivity contribution < 1.29 is 19.1 Å². The summed E-state index contributed by atoms with van der Waals surface area (Å²) in [6.07, 6.45) is 2.40. The van der Waals surface area contributed by atoms with E-state index in [4.69, 9.17) is 9.47 Å². The second-order valence-electron chi connectivity index (χ2n) is 8.44. The fraction of sp³-hybridized carbons (Fsp3) is 0.200. The van der Waals surface area contributed by atoms with Gasteiger partial charge in [0.2, 0.25) is 5.91 Å². The van der Waals surface area contributed by atoms with Crippen molar-refractivity contribution in [2.75, 3.05) is 5.32 Å². The number of amides is 3. The molecule has 1 unspecified atom stereocenters. The first kappa shape index (κ1) is 20.8. The van der Waals surface area contributed by atoms with Crippen molar-refractivity contribution in [1.82, 2.24) is 10.3 Å². The number of nitrogens with one attached hydrogen (secondary N) is 2. The lowest BCUT2D eigenvalue weighted by atomic mass is 10.1. The summed E-state index contributed by atoms with van der Waals surface area (Å²) in [6.45, 7) is 0.419. The third kappa shape index (κ3) is 3.90. The molecule has 2 aliphatic heterocycles. The van der Waals surface area contributed by atoms with Crippen LogP contribution in [0.15, 0.2) is 59.7 Å². The Morgan fingerprint density at radius 3 is 2.91 bits per heavy atom. The van der Waals surface area contributed by atoms with E-state index in [1.807, 2.05) is 42.5 Å². The van der Waals surface area contributed by atoms with Crippen LogP contribution in [0, 0.1) is 0 Å². The van der Waals surface area contributed by atoms with E-state index in [0.717, 1.165) is 33.5 Å². The van der Waals surface area contributed by atoms with E-state index in [-0.39, 0.29) is 24.0 Å². The van der Waals surface area contributed by atoms with Gasteiger partial charge in [-0.05, 0) is 41.6 Å². The van der Waals surface area contributed by atoms with E-state index in [0.29, 0.717) is 36.7 Å². The van der Waals surface area contributed by atoms with Gasteiger partial charge < -0.3 is 20.1 Å². The number of aromatic nitrogens is 1. The number of nitrogens with zero attached hydrogens (tertiary/aromatic N) is 2. The maximum atomic E-state index is 12.3. The van der Waals surface area contributed by atoms with E-state index in [1.54, 1.807) is 12.3 Å². The summed E-state index contributed by atoms with van der Waals surface area (Å²) in [7, 11) is 2.64. The molecule has 1 saturated carbocycles. The number of rotatable bonds is 4. The molecule has 1 aliphatic carbocycles. The maximum Gasteiger partial charge on any atom is 0.341 e. The molecule has 1 fully saturated rings. The largest absolute Gasteiger partial charge is 0.483 e. The number of pyridine rings is 1. The zero-order chi connectivity index (χ0) is 23.2. The minimum Gasteiger partial charge on any atom is -0.483 e. The van der Waals surface area contributed by atoms with Crippen LogP contribution in [-0.2, 0) is 17.8 Å². The van der Waals surface area contributed by atoms with Crippen LogP contribution >= 0.6 is 9.24 Å². The molecule has 9 heteroatoms. The third-order valence-electron chi connectivity index (χ3n) is 6.13. The summed E-state index contributed by atoms with van der Waals surface area (Å²) in [5.41, 5.74) is 3.58. The van der Waals surface area contributed by atoms with Crippen molar-refractivity contribution in [3.63, 3.8) is 0 Å². The zero-order valence-electron chi connectivity index (χ0n) is 18.1. The van der Waals surface area contributed by atoms with Gasteiger partial charge in [0.05, 0.1) is 11.6 Å². The van der Waals surface area contributed by atoms with Gasteiger partial charge in [0.1, 0.15) is 29.2 Å². The number of fused-ring (bicyclic) bond motifs is 4. The second-order valence-corrected chi connectivity index (χ2v) is 9.11. The van der Waals surface area contributed by atoms with Crippen molar-refractivity contribution in [1.29, 1.82) is 0 Å². The minimum atomic E-state index is -0.373. The van der Waals surface area contributed by atoms with E-state index in [2.05, 4.69) is 29.8 Å².